The van der Waals surface area contributed by atoms with Crippen LogP contribution in [0.3, 0.4) is 0 Å². The van der Waals surface area contributed by atoms with E-state index in [-0.39, 0.29) is 12.0 Å². The minimum atomic E-state index is -0.430. The maximum absolute atomic E-state index is 10.7. The molecule has 0 aromatic carbocycles. The summed E-state index contributed by atoms with van der Waals surface area (Å²) in [6.45, 7) is 2.02. The van der Waals surface area contributed by atoms with Gasteiger partial charge in [-0.15, -0.1) is 0 Å². The van der Waals surface area contributed by atoms with Crippen molar-refractivity contribution in [1.82, 2.24) is 0 Å². The number of halogens is 1. The van der Waals surface area contributed by atoms with E-state index < -0.39 is 5.97 Å². The van der Waals surface area contributed by atoms with E-state index in [0.717, 1.165) is 5.54 Å². The van der Waals surface area contributed by atoms with Crippen molar-refractivity contribution in [2.45, 2.75) is 13.3 Å². The zero-order valence-electron chi connectivity index (χ0n) is 6.13. The summed E-state index contributed by atoms with van der Waals surface area (Å²) in [7, 11) is 0. The first-order chi connectivity index (χ1) is 5.24. The Hall–Kier alpha value is -1.01. The van der Waals surface area contributed by atoms with E-state index in [1.165, 1.54) is 0 Å². The van der Waals surface area contributed by atoms with Gasteiger partial charge in [0.1, 0.15) is 0 Å². The highest BCUT2D eigenvalue weighted by atomic mass is 35.5. The Balaban J connectivity index is 3.86. The Morgan fingerprint density at radius 3 is 2.82 bits per heavy atom. The molecule has 0 atom stereocenters. The largest absolute Gasteiger partial charge is 0.466 e. The van der Waals surface area contributed by atoms with Crippen molar-refractivity contribution in [2.75, 3.05) is 6.61 Å². The van der Waals surface area contributed by atoms with E-state index in [9.17, 15) is 4.79 Å². The Bertz CT molecular complexity index is 205. The highest BCUT2D eigenvalue weighted by Crippen LogP contribution is 2.02. The predicted molar refractivity (Wildman–Crippen MR) is 40.8 cm³/mol. The molecule has 0 aromatic rings. The van der Waals surface area contributed by atoms with Gasteiger partial charge in [-0.25, -0.2) is 0 Å². The molecular formula is C7H8ClNO2. The van der Waals surface area contributed by atoms with Crippen LogP contribution in [0.5, 0.6) is 0 Å². The number of hydrogen-bond donors (Lipinski definition) is 0. The lowest BCUT2D eigenvalue weighted by Crippen LogP contribution is -2.04. The quantitative estimate of drug-likeness (QED) is 0.481. The smallest absolute Gasteiger partial charge is 0.311 e. The van der Waals surface area contributed by atoms with Crippen LogP contribution >= 0.6 is 11.6 Å². The lowest BCUT2D eigenvalue weighted by Gasteiger charge is -1.97. The summed E-state index contributed by atoms with van der Waals surface area (Å²) < 4.78 is 4.59. The summed E-state index contributed by atoms with van der Waals surface area (Å²) >= 11 is 5.22. The first-order valence-electron chi connectivity index (χ1n) is 3.09. The van der Waals surface area contributed by atoms with Gasteiger partial charge in [0.05, 0.1) is 24.7 Å². The lowest BCUT2D eigenvalue weighted by molar-refractivity contribution is -0.142. The molecule has 0 heterocycles. The van der Waals surface area contributed by atoms with Gasteiger partial charge in [0, 0.05) is 5.54 Å². The summed E-state index contributed by atoms with van der Waals surface area (Å²) in [6, 6.07) is 1.77. The van der Waals surface area contributed by atoms with Gasteiger partial charge in [-0.3, -0.25) is 4.79 Å². The van der Waals surface area contributed by atoms with Crippen LogP contribution in [0.4, 0.5) is 0 Å². The molecule has 0 unspecified atom stereocenters. The average Bonchev–Trinajstić information content (AvgIpc) is 2.01. The molecule has 3 nitrogen and oxygen atoms in total. The highest BCUT2D eigenvalue weighted by Gasteiger charge is 2.04. The molecule has 0 radical (unpaired) electrons. The third-order valence-corrected chi connectivity index (χ3v) is 1.18. The van der Waals surface area contributed by atoms with Crippen molar-refractivity contribution in [3.8, 4) is 6.07 Å². The van der Waals surface area contributed by atoms with Crippen molar-refractivity contribution in [3.63, 3.8) is 0 Å². The summed E-state index contributed by atoms with van der Waals surface area (Å²) in [4.78, 5) is 10.7. The van der Waals surface area contributed by atoms with Gasteiger partial charge in [-0.1, -0.05) is 11.6 Å². The molecule has 0 fully saturated rings. The average molecular weight is 174 g/mol. The second kappa shape index (κ2) is 5.75. The summed E-state index contributed by atoms with van der Waals surface area (Å²) in [6.07, 6.45) is -0.0478. The maximum atomic E-state index is 10.7. The third kappa shape index (κ3) is 4.40. The van der Waals surface area contributed by atoms with Gasteiger partial charge < -0.3 is 4.74 Å². The number of carbonyl (C=O) groups is 1. The van der Waals surface area contributed by atoms with Crippen molar-refractivity contribution >= 4 is 17.6 Å². The topological polar surface area (TPSA) is 50.1 Å². The third-order valence-electron chi connectivity index (χ3n) is 0.915. The van der Waals surface area contributed by atoms with Gasteiger partial charge in [0.2, 0.25) is 0 Å². The van der Waals surface area contributed by atoms with Crippen LogP contribution in [0.1, 0.15) is 13.3 Å². The number of hydrogen-bond acceptors (Lipinski definition) is 3. The van der Waals surface area contributed by atoms with Gasteiger partial charge in [-0.2, -0.15) is 5.26 Å². The van der Waals surface area contributed by atoms with Crippen molar-refractivity contribution in [1.29, 1.82) is 5.26 Å². The molecule has 0 saturated carbocycles. The number of nitrogens with zero attached hydrogens (tertiary/aromatic N) is 1. The number of esters is 1. The summed E-state index contributed by atoms with van der Waals surface area (Å²) in [5, 5.41) is 8.33. The van der Waals surface area contributed by atoms with E-state index >= 15 is 0 Å². The number of ether oxygens (including phenoxy) is 1. The molecular weight excluding hydrogens is 166 g/mol. The van der Waals surface area contributed by atoms with E-state index in [4.69, 9.17) is 16.9 Å². The Labute approximate surface area is 70.2 Å². The molecule has 0 aliphatic rings. The van der Waals surface area contributed by atoms with Gasteiger partial charge >= 0.3 is 5.97 Å². The van der Waals surface area contributed by atoms with Gasteiger partial charge in [0.25, 0.3) is 0 Å². The highest BCUT2D eigenvalue weighted by molar-refractivity contribution is 6.26. The lowest BCUT2D eigenvalue weighted by atomic mass is 10.2. The fourth-order valence-electron chi connectivity index (χ4n) is 0.470. The SMILES string of the molecule is CCOC(=O)CC(C#N)=CCl. The molecule has 4 heteroatoms. The van der Waals surface area contributed by atoms with E-state index in [2.05, 4.69) is 4.74 Å². The van der Waals surface area contributed by atoms with Crippen LogP contribution in [0.15, 0.2) is 11.1 Å². The number of rotatable bonds is 3. The minimum absolute atomic E-state index is 0.0478. The van der Waals surface area contributed by atoms with Crippen molar-refractivity contribution in [2.24, 2.45) is 0 Å². The molecule has 0 bridgehead atoms. The zero-order valence-corrected chi connectivity index (χ0v) is 6.89. The molecule has 11 heavy (non-hydrogen) atoms. The number of nitriles is 1. The standard InChI is InChI=1S/C7H8ClNO2/c1-2-11-7(10)3-6(4-8)5-9/h4H,2-3H2,1H3. The fraction of sp³-hybridized carbons (Fsp3) is 0.429. The monoisotopic (exact) mass is 173 g/mol. The molecule has 0 amide bonds. The summed E-state index contributed by atoms with van der Waals surface area (Å²) in [5.74, 6) is -0.430. The minimum Gasteiger partial charge on any atom is -0.466 e. The second-order valence-corrected chi connectivity index (χ2v) is 1.95. The van der Waals surface area contributed by atoms with Crippen molar-refractivity contribution < 1.29 is 9.53 Å². The van der Waals surface area contributed by atoms with Crippen LogP contribution in [0, 0.1) is 11.3 Å². The first kappa shape index (κ1) is 9.99. The van der Waals surface area contributed by atoms with Crippen LogP contribution in [-0.2, 0) is 9.53 Å². The van der Waals surface area contributed by atoms with Crippen LogP contribution in [-0.4, -0.2) is 12.6 Å². The van der Waals surface area contributed by atoms with Crippen LogP contribution < -0.4 is 0 Å². The fourth-order valence-corrected chi connectivity index (χ4v) is 0.596. The first-order valence-corrected chi connectivity index (χ1v) is 3.53. The Morgan fingerprint density at radius 1 is 1.82 bits per heavy atom. The molecule has 0 aromatic heterocycles. The van der Waals surface area contributed by atoms with Crippen LogP contribution in [0.25, 0.3) is 0 Å². The molecule has 60 valence electrons. The number of carbonyl (C=O) groups excluding carboxylic acids is 1. The van der Waals surface area contributed by atoms with Gasteiger partial charge in [0.15, 0.2) is 0 Å². The van der Waals surface area contributed by atoms with E-state index in [1.807, 2.05) is 0 Å². The zero-order chi connectivity index (χ0) is 8.69. The second-order valence-electron chi connectivity index (χ2n) is 1.73. The normalized spacial score (nSPS) is 10.5. The van der Waals surface area contributed by atoms with Crippen molar-refractivity contribution in [3.05, 3.63) is 11.1 Å². The summed E-state index contributed by atoms with van der Waals surface area (Å²) in [5.41, 5.74) is 1.29. The molecule has 0 aliphatic carbocycles. The molecule has 0 rings (SSSR count). The molecule has 0 N–H and O–H groups in total. The van der Waals surface area contributed by atoms with Crippen LogP contribution in [0.2, 0.25) is 0 Å². The van der Waals surface area contributed by atoms with E-state index in [1.54, 1.807) is 13.0 Å². The maximum Gasteiger partial charge on any atom is 0.311 e. The predicted octanol–water partition coefficient (Wildman–Crippen LogP) is 1.59. The van der Waals surface area contributed by atoms with Gasteiger partial charge in [-0.05, 0) is 6.92 Å². The Kier molecular flexibility index (Phi) is 5.22. The molecule has 0 aliphatic heterocycles. The van der Waals surface area contributed by atoms with E-state index in [0.29, 0.717) is 6.61 Å². The molecule has 0 spiro atoms. The Morgan fingerprint density at radius 2 is 2.45 bits per heavy atom. The molecule has 0 saturated heterocycles.